The van der Waals surface area contributed by atoms with Crippen molar-refractivity contribution in [1.29, 1.82) is 0 Å². The number of nitrogens with zero attached hydrogens (tertiary/aromatic N) is 4. The zero-order valence-corrected chi connectivity index (χ0v) is 23.9. The molecule has 2 N–H and O–H groups in total. The summed E-state index contributed by atoms with van der Waals surface area (Å²) < 4.78 is 0. The molecule has 8 heteroatoms. The molecule has 3 heterocycles. The molecule has 5 rings (SSSR count). The van der Waals surface area contributed by atoms with Crippen molar-refractivity contribution in [3.05, 3.63) is 40.9 Å². The summed E-state index contributed by atoms with van der Waals surface area (Å²) in [6.45, 7) is 8.54. The maximum absolute atomic E-state index is 6.35. The van der Waals surface area contributed by atoms with Gasteiger partial charge in [-0.2, -0.15) is 9.97 Å². The van der Waals surface area contributed by atoms with E-state index in [0.717, 1.165) is 61.6 Å². The first-order valence-corrected chi connectivity index (χ1v) is 14.9. The van der Waals surface area contributed by atoms with Crippen LogP contribution in [0, 0.1) is 5.92 Å². The molecule has 0 amide bonds. The Balaban J connectivity index is 1.33. The Kier molecular flexibility index (Phi) is 8.40. The number of nitrogens with one attached hydrogen (secondary N) is 2. The zero-order chi connectivity index (χ0) is 25.8. The Bertz CT molecular complexity index is 1080. The molecule has 0 radical (unpaired) electrons. The van der Waals surface area contributed by atoms with Gasteiger partial charge in [0.05, 0.1) is 0 Å². The predicted octanol–water partition coefficient (Wildman–Crippen LogP) is 6.54. The zero-order valence-electron chi connectivity index (χ0n) is 22.3. The van der Waals surface area contributed by atoms with Gasteiger partial charge in [0.15, 0.2) is 5.11 Å². The van der Waals surface area contributed by atoms with Crippen molar-refractivity contribution in [2.45, 2.75) is 83.1 Å². The fraction of sp³-hybridized carbons (Fsp3) is 0.621. The average Bonchev–Trinajstić information content (AvgIpc) is 3.38. The van der Waals surface area contributed by atoms with Gasteiger partial charge in [-0.15, -0.1) is 0 Å². The minimum absolute atomic E-state index is 0.0538. The van der Waals surface area contributed by atoms with Crippen LogP contribution in [0.1, 0.15) is 77.2 Å². The van der Waals surface area contributed by atoms with Crippen LogP contribution >= 0.6 is 23.8 Å². The van der Waals surface area contributed by atoms with Crippen LogP contribution in [-0.2, 0) is 5.41 Å². The van der Waals surface area contributed by atoms with E-state index in [2.05, 4.69) is 58.5 Å². The van der Waals surface area contributed by atoms with Crippen LogP contribution in [-0.4, -0.2) is 47.3 Å². The lowest BCUT2D eigenvalue weighted by atomic mass is 9.79. The molecule has 2 aromatic rings. The van der Waals surface area contributed by atoms with Gasteiger partial charge >= 0.3 is 0 Å². The summed E-state index contributed by atoms with van der Waals surface area (Å²) in [4.78, 5) is 14.7. The lowest BCUT2D eigenvalue weighted by Crippen LogP contribution is -2.41. The summed E-state index contributed by atoms with van der Waals surface area (Å²) in [6.07, 6.45) is 10.8. The highest BCUT2D eigenvalue weighted by Crippen LogP contribution is 2.41. The van der Waals surface area contributed by atoms with Crippen LogP contribution in [0.5, 0.6) is 0 Å². The average molecular weight is 541 g/mol. The maximum atomic E-state index is 6.35. The van der Waals surface area contributed by atoms with Gasteiger partial charge in [0, 0.05) is 48.7 Å². The van der Waals surface area contributed by atoms with Crippen molar-refractivity contribution < 1.29 is 0 Å². The molecule has 2 aliphatic heterocycles. The minimum Gasteiger partial charge on any atom is -0.361 e. The molecule has 2 saturated heterocycles. The van der Waals surface area contributed by atoms with Gasteiger partial charge in [-0.1, -0.05) is 43.5 Å². The van der Waals surface area contributed by atoms with Crippen LogP contribution in [0.4, 0.5) is 17.6 Å². The van der Waals surface area contributed by atoms with E-state index in [-0.39, 0.29) is 5.41 Å². The summed E-state index contributed by atoms with van der Waals surface area (Å²) in [5.41, 5.74) is 1.35. The fourth-order valence-electron chi connectivity index (χ4n) is 6.30. The number of hydrogen-bond acceptors (Lipinski definition) is 5. The normalized spacial score (nSPS) is 22.2. The highest BCUT2D eigenvalue weighted by Gasteiger charge is 2.36. The van der Waals surface area contributed by atoms with E-state index in [1.807, 2.05) is 6.07 Å². The quantitative estimate of drug-likeness (QED) is 0.403. The minimum atomic E-state index is 0.0538. The first-order chi connectivity index (χ1) is 17.9. The van der Waals surface area contributed by atoms with Crippen molar-refractivity contribution in [1.82, 2.24) is 15.3 Å². The lowest BCUT2D eigenvalue weighted by molar-refractivity contribution is 0.435. The van der Waals surface area contributed by atoms with Crippen molar-refractivity contribution in [2.24, 2.45) is 5.92 Å². The van der Waals surface area contributed by atoms with E-state index in [4.69, 9.17) is 33.8 Å². The number of piperidine rings is 2. The number of thiocarbonyl (C=S) groups is 1. The molecule has 1 aromatic heterocycles. The molecule has 3 aliphatic rings. The molecule has 1 aromatic carbocycles. The van der Waals surface area contributed by atoms with Gasteiger partial charge in [0.25, 0.3) is 0 Å². The first kappa shape index (κ1) is 26.5. The van der Waals surface area contributed by atoms with Crippen LogP contribution < -0.4 is 20.4 Å². The first-order valence-electron chi connectivity index (χ1n) is 14.1. The number of anilines is 3. The van der Waals surface area contributed by atoms with Gasteiger partial charge < -0.3 is 20.4 Å². The Labute approximate surface area is 232 Å². The van der Waals surface area contributed by atoms with Gasteiger partial charge in [0.1, 0.15) is 11.6 Å². The number of rotatable bonds is 6. The van der Waals surface area contributed by atoms with E-state index in [1.54, 1.807) is 0 Å². The molecule has 37 heavy (non-hydrogen) atoms. The van der Waals surface area contributed by atoms with Crippen molar-refractivity contribution in [2.75, 3.05) is 41.3 Å². The molecule has 1 saturated carbocycles. The highest BCUT2D eigenvalue weighted by atomic mass is 35.5. The smallest absolute Gasteiger partial charge is 0.232 e. The van der Waals surface area contributed by atoms with Crippen LogP contribution in [0.15, 0.2) is 30.3 Å². The van der Waals surface area contributed by atoms with Crippen molar-refractivity contribution >= 4 is 46.5 Å². The standard InChI is InChI=1S/C29H41ClN6S/c1-21-11-16-35(17-12-21)25-19-26(36-15-6-3-8-22(36)2)33-27(32-25)34-28(37)31-20-29(13-4-5-14-29)23-9-7-10-24(30)18-23/h7,9-10,18-19,21-22H,3-6,8,11-17,20H2,1-2H3,(H2,31,32,33,34,37)/t22-/m1/s1. The van der Waals surface area contributed by atoms with E-state index >= 15 is 0 Å². The third-order valence-corrected chi connectivity index (χ3v) is 9.20. The van der Waals surface area contributed by atoms with Gasteiger partial charge in [-0.05, 0) is 87.7 Å². The summed E-state index contributed by atoms with van der Waals surface area (Å²) in [6, 6.07) is 11.0. The van der Waals surface area contributed by atoms with Gasteiger partial charge in [-0.3, -0.25) is 0 Å². The summed E-state index contributed by atoms with van der Waals surface area (Å²) in [5.74, 6) is 3.37. The molecular weight excluding hydrogens is 500 g/mol. The molecule has 0 spiro atoms. The third-order valence-electron chi connectivity index (χ3n) is 8.71. The molecule has 0 bridgehead atoms. The topological polar surface area (TPSA) is 56.3 Å². The Morgan fingerprint density at radius 1 is 1.00 bits per heavy atom. The van der Waals surface area contributed by atoms with E-state index in [1.165, 1.54) is 50.5 Å². The SMILES string of the molecule is CC1CCN(c2cc(N3CCCC[C@H]3C)nc(NC(=S)NCC3(c4cccc(Cl)c4)CCCC3)n2)CC1. The van der Waals surface area contributed by atoms with E-state index < -0.39 is 0 Å². The van der Waals surface area contributed by atoms with E-state index in [9.17, 15) is 0 Å². The van der Waals surface area contributed by atoms with Crippen LogP contribution in [0.2, 0.25) is 5.02 Å². The Morgan fingerprint density at radius 2 is 1.76 bits per heavy atom. The molecule has 3 fully saturated rings. The van der Waals surface area contributed by atoms with Gasteiger partial charge in [0.2, 0.25) is 5.95 Å². The van der Waals surface area contributed by atoms with Crippen LogP contribution in [0.3, 0.4) is 0 Å². The monoisotopic (exact) mass is 540 g/mol. The maximum Gasteiger partial charge on any atom is 0.232 e. The van der Waals surface area contributed by atoms with Crippen molar-refractivity contribution in [3.8, 4) is 0 Å². The summed E-state index contributed by atoms with van der Waals surface area (Å²) >= 11 is 12.1. The third kappa shape index (κ3) is 6.31. The summed E-state index contributed by atoms with van der Waals surface area (Å²) in [5, 5.41) is 8.23. The summed E-state index contributed by atoms with van der Waals surface area (Å²) in [7, 11) is 0. The fourth-order valence-corrected chi connectivity index (χ4v) is 6.65. The van der Waals surface area contributed by atoms with Gasteiger partial charge in [-0.25, -0.2) is 0 Å². The lowest BCUT2D eigenvalue weighted by Gasteiger charge is -2.36. The van der Waals surface area contributed by atoms with E-state index in [0.29, 0.717) is 17.1 Å². The Morgan fingerprint density at radius 3 is 2.49 bits per heavy atom. The second-order valence-corrected chi connectivity index (χ2v) is 12.3. The second kappa shape index (κ2) is 11.7. The molecule has 1 atom stereocenters. The number of hydrogen-bond donors (Lipinski definition) is 2. The number of aromatic nitrogens is 2. The molecular formula is C29H41ClN6S. The molecule has 6 nitrogen and oxygen atoms in total. The second-order valence-electron chi connectivity index (χ2n) is 11.4. The Hall–Kier alpha value is -2.12. The molecule has 200 valence electrons. The van der Waals surface area contributed by atoms with Crippen molar-refractivity contribution in [3.63, 3.8) is 0 Å². The van der Waals surface area contributed by atoms with Crippen LogP contribution in [0.25, 0.3) is 0 Å². The highest BCUT2D eigenvalue weighted by molar-refractivity contribution is 7.80. The molecule has 0 unspecified atom stereocenters. The predicted molar refractivity (Wildman–Crippen MR) is 159 cm³/mol. The largest absolute Gasteiger partial charge is 0.361 e. The number of halogens is 1. The molecule has 1 aliphatic carbocycles. The number of benzene rings is 1.